The number of carbonyl (C=O) groups excluding carboxylic acids is 1. The third-order valence-electron chi connectivity index (χ3n) is 9.19. The predicted octanol–water partition coefficient (Wildman–Crippen LogP) is 12.1. The quantitative estimate of drug-likeness (QED) is 0.0475. The fraction of sp³-hybridized carbons (Fsp3) is 0.878. The number of unbranched alkanes of at least 4 members (excludes halogenated alkanes) is 27. The molecule has 45 heavy (non-hydrogen) atoms. The van der Waals surface area contributed by atoms with Crippen molar-refractivity contribution in [2.75, 3.05) is 6.61 Å². The maximum atomic E-state index is 12.3. The fourth-order valence-corrected chi connectivity index (χ4v) is 6.08. The third-order valence-corrected chi connectivity index (χ3v) is 9.19. The molecule has 0 radical (unpaired) electrons. The number of hydrogen-bond donors (Lipinski definition) is 3. The van der Waals surface area contributed by atoms with Gasteiger partial charge in [-0.05, 0) is 32.1 Å². The van der Waals surface area contributed by atoms with Crippen LogP contribution < -0.4 is 5.32 Å². The van der Waals surface area contributed by atoms with Gasteiger partial charge in [0.15, 0.2) is 0 Å². The summed E-state index contributed by atoms with van der Waals surface area (Å²) in [5, 5.41) is 22.9. The van der Waals surface area contributed by atoms with Crippen LogP contribution in [0.3, 0.4) is 0 Å². The summed E-state index contributed by atoms with van der Waals surface area (Å²) < 4.78 is 0. The van der Waals surface area contributed by atoms with Gasteiger partial charge in [0.1, 0.15) is 0 Å². The lowest BCUT2D eigenvalue weighted by atomic mass is 10.0. The van der Waals surface area contributed by atoms with Crippen LogP contribution in [0.15, 0.2) is 24.3 Å². The van der Waals surface area contributed by atoms with Crippen molar-refractivity contribution in [2.24, 2.45) is 0 Å². The molecule has 0 heterocycles. The monoisotopic (exact) mass is 634 g/mol. The Hall–Kier alpha value is -1.13. The minimum absolute atomic E-state index is 0.0731. The van der Waals surface area contributed by atoms with Gasteiger partial charge in [0, 0.05) is 6.42 Å². The van der Waals surface area contributed by atoms with Gasteiger partial charge in [-0.1, -0.05) is 199 Å². The summed E-state index contributed by atoms with van der Waals surface area (Å²) in [7, 11) is 0. The SMILES string of the molecule is CCCCCCCCCCCCCCCC/C=C/CC/C=C/C(O)C(CO)NC(=O)CCCCCCCCCCCCCCC. The van der Waals surface area contributed by atoms with E-state index in [1.165, 1.54) is 161 Å². The van der Waals surface area contributed by atoms with Gasteiger partial charge >= 0.3 is 0 Å². The Bertz CT molecular complexity index is 647. The van der Waals surface area contributed by atoms with Gasteiger partial charge in [-0.3, -0.25) is 4.79 Å². The lowest BCUT2D eigenvalue weighted by molar-refractivity contribution is -0.123. The number of aliphatic hydroxyl groups excluding tert-OH is 2. The number of carbonyl (C=O) groups is 1. The molecule has 2 atom stereocenters. The molecule has 4 nitrogen and oxygen atoms in total. The highest BCUT2D eigenvalue weighted by atomic mass is 16.3. The second kappa shape index (κ2) is 37.3. The van der Waals surface area contributed by atoms with Crippen LogP contribution in [-0.4, -0.2) is 34.9 Å². The lowest BCUT2D eigenvalue weighted by Crippen LogP contribution is -2.45. The van der Waals surface area contributed by atoms with E-state index < -0.39 is 12.1 Å². The van der Waals surface area contributed by atoms with E-state index in [0.717, 1.165) is 32.1 Å². The number of hydrogen-bond acceptors (Lipinski definition) is 3. The van der Waals surface area contributed by atoms with Crippen molar-refractivity contribution in [3.63, 3.8) is 0 Å². The molecule has 0 bridgehead atoms. The topological polar surface area (TPSA) is 69.6 Å². The molecule has 0 aromatic heterocycles. The number of allylic oxidation sites excluding steroid dienone is 3. The van der Waals surface area contributed by atoms with Crippen LogP contribution in [0.1, 0.15) is 213 Å². The molecule has 266 valence electrons. The summed E-state index contributed by atoms with van der Waals surface area (Å²) in [5.41, 5.74) is 0. The Labute approximate surface area is 281 Å². The first-order valence-corrected chi connectivity index (χ1v) is 20.1. The molecule has 0 fully saturated rings. The van der Waals surface area contributed by atoms with E-state index in [0.29, 0.717) is 6.42 Å². The molecular weight excluding hydrogens is 554 g/mol. The van der Waals surface area contributed by atoms with Gasteiger partial charge in [-0.2, -0.15) is 0 Å². The smallest absolute Gasteiger partial charge is 0.220 e. The van der Waals surface area contributed by atoms with Gasteiger partial charge in [0.05, 0.1) is 18.8 Å². The van der Waals surface area contributed by atoms with E-state index in [9.17, 15) is 15.0 Å². The summed E-state index contributed by atoms with van der Waals surface area (Å²) in [6.07, 6.45) is 47.0. The maximum absolute atomic E-state index is 12.3. The Morgan fingerprint density at radius 3 is 1.29 bits per heavy atom. The summed E-state index contributed by atoms with van der Waals surface area (Å²) in [5.74, 6) is -0.0731. The Balaban J connectivity index is 3.61. The van der Waals surface area contributed by atoms with E-state index in [1.54, 1.807) is 6.08 Å². The van der Waals surface area contributed by atoms with E-state index in [-0.39, 0.29) is 12.5 Å². The Morgan fingerprint density at radius 1 is 0.511 bits per heavy atom. The molecule has 3 N–H and O–H groups in total. The fourth-order valence-electron chi connectivity index (χ4n) is 6.08. The second-order valence-corrected chi connectivity index (χ2v) is 13.7. The standard InChI is InChI=1S/C41H79NO3/c1-3-5-7-9-11-13-15-17-18-19-20-21-22-23-25-26-28-30-32-34-36-40(44)39(38-43)42-41(45)37-35-33-31-29-27-24-16-14-12-10-8-6-4-2/h26,28,34,36,39-40,43-44H,3-25,27,29-33,35,37-38H2,1-2H3,(H,42,45)/b28-26+,36-34+. The van der Waals surface area contributed by atoms with Gasteiger partial charge in [0.25, 0.3) is 0 Å². The highest BCUT2D eigenvalue weighted by molar-refractivity contribution is 5.76. The van der Waals surface area contributed by atoms with Crippen LogP contribution in [0.4, 0.5) is 0 Å². The highest BCUT2D eigenvalue weighted by Gasteiger charge is 2.17. The first-order valence-electron chi connectivity index (χ1n) is 20.1. The average molecular weight is 634 g/mol. The van der Waals surface area contributed by atoms with Gasteiger partial charge in [-0.15, -0.1) is 0 Å². The van der Waals surface area contributed by atoms with Crippen molar-refractivity contribution in [3.05, 3.63) is 24.3 Å². The summed E-state index contributed by atoms with van der Waals surface area (Å²) >= 11 is 0. The molecule has 0 spiro atoms. The largest absolute Gasteiger partial charge is 0.394 e. The molecule has 0 saturated heterocycles. The first-order chi connectivity index (χ1) is 22.2. The molecule has 0 rings (SSSR count). The van der Waals surface area contributed by atoms with Crippen LogP contribution in [0.25, 0.3) is 0 Å². The molecule has 0 aromatic rings. The van der Waals surface area contributed by atoms with Gasteiger partial charge in [0.2, 0.25) is 5.91 Å². The van der Waals surface area contributed by atoms with Crippen LogP contribution in [-0.2, 0) is 4.79 Å². The zero-order chi connectivity index (χ0) is 32.9. The Kier molecular flexibility index (Phi) is 36.4. The Morgan fingerprint density at radius 2 is 0.867 bits per heavy atom. The summed E-state index contributed by atoms with van der Waals surface area (Å²) in [4.78, 5) is 12.3. The van der Waals surface area contributed by atoms with Crippen LogP contribution in [0.5, 0.6) is 0 Å². The van der Waals surface area contributed by atoms with Crippen LogP contribution in [0.2, 0.25) is 0 Å². The molecule has 1 amide bonds. The summed E-state index contributed by atoms with van der Waals surface area (Å²) in [6, 6.07) is -0.633. The number of amides is 1. The minimum Gasteiger partial charge on any atom is -0.394 e. The maximum Gasteiger partial charge on any atom is 0.220 e. The van der Waals surface area contributed by atoms with Crippen LogP contribution in [0, 0.1) is 0 Å². The molecule has 2 unspecified atom stereocenters. The predicted molar refractivity (Wildman–Crippen MR) is 198 cm³/mol. The first kappa shape index (κ1) is 43.9. The minimum atomic E-state index is -0.856. The highest BCUT2D eigenvalue weighted by Crippen LogP contribution is 2.15. The molecular formula is C41H79NO3. The van der Waals surface area contributed by atoms with E-state index in [2.05, 4.69) is 31.3 Å². The van der Waals surface area contributed by atoms with Crippen LogP contribution >= 0.6 is 0 Å². The number of aliphatic hydroxyl groups is 2. The summed E-state index contributed by atoms with van der Waals surface area (Å²) in [6.45, 7) is 4.30. The second-order valence-electron chi connectivity index (χ2n) is 13.7. The van der Waals surface area contributed by atoms with Crippen molar-refractivity contribution in [3.8, 4) is 0 Å². The van der Waals surface area contributed by atoms with Crippen molar-refractivity contribution in [1.82, 2.24) is 5.32 Å². The molecule has 0 aromatic carbocycles. The normalized spacial score (nSPS) is 13.2. The lowest BCUT2D eigenvalue weighted by Gasteiger charge is -2.19. The third kappa shape index (κ3) is 34.0. The van der Waals surface area contributed by atoms with E-state index in [4.69, 9.17) is 0 Å². The van der Waals surface area contributed by atoms with Crippen molar-refractivity contribution >= 4 is 5.91 Å². The van der Waals surface area contributed by atoms with Gasteiger partial charge in [-0.25, -0.2) is 0 Å². The van der Waals surface area contributed by atoms with E-state index in [1.807, 2.05) is 6.08 Å². The van der Waals surface area contributed by atoms with Crippen molar-refractivity contribution in [1.29, 1.82) is 0 Å². The number of rotatable bonds is 36. The van der Waals surface area contributed by atoms with E-state index >= 15 is 0 Å². The molecule has 0 saturated carbocycles. The van der Waals surface area contributed by atoms with Gasteiger partial charge < -0.3 is 15.5 Å². The molecule has 0 aliphatic carbocycles. The van der Waals surface area contributed by atoms with Crippen molar-refractivity contribution < 1.29 is 15.0 Å². The zero-order valence-electron chi connectivity index (χ0n) is 30.4. The molecule has 4 heteroatoms. The van der Waals surface area contributed by atoms with Crippen molar-refractivity contribution in [2.45, 2.75) is 225 Å². The average Bonchev–Trinajstić information content (AvgIpc) is 3.04. The molecule has 0 aliphatic heterocycles. The zero-order valence-corrected chi connectivity index (χ0v) is 30.4. The molecule has 0 aliphatic rings. The number of nitrogens with one attached hydrogen (secondary N) is 1.